The average molecular weight is 345 g/mol. The molecule has 26 heavy (non-hydrogen) atoms. The second kappa shape index (κ2) is 8.21. The van der Waals surface area contributed by atoms with Gasteiger partial charge in [0, 0.05) is 24.0 Å². The van der Waals surface area contributed by atoms with E-state index in [1.165, 1.54) is 6.20 Å². The van der Waals surface area contributed by atoms with Gasteiger partial charge in [-0.3, -0.25) is 4.79 Å². The number of nitrogens with zero attached hydrogens (tertiary/aromatic N) is 4. The van der Waals surface area contributed by atoms with Gasteiger partial charge >= 0.3 is 0 Å². The number of carbonyl (C=O) groups is 1. The lowest BCUT2D eigenvalue weighted by Gasteiger charge is -2.06. The summed E-state index contributed by atoms with van der Waals surface area (Å²) >= 11 is 0. The molecule has 1 aromatic heterocycles. The van der Waals surface area contributed by atoms with E-state index < -0.39 is 0 Å². The highest BCUT2D eigenvalue weighted by Gasteiger charge is 2.07. The van der Waals surface area contributed by atoms with Gasteiger partial charge in [0.15, 0.2) is 0 Å². The van der Waals surface area contributed by atoms with Gasteiger partial charge in [0.05, 0.1) is 0 Å². The van der Waals surface area contributed by atoms with Gasteiger partial charge < -0.3 is 10.6 Å². The number of anilines is 1. The van der Waals surface area contributed by atoms with Crippen LogP contribution in [-0.2, 0) is 6.54 Å². The summed E-state index contributed by atoms with van der Waals surface area (Å²) in [6.07, 6.45) is 1.48. The molecule has 1 amide bonds. The number of tetrazole rings is 1. The number of rotatable bonds is 6. The van der Waals surface area contributed by atoms with Crippen LogP contribution in [0.1, 0.15) is 21.7 Å². The van der Waals surface area contributed by atoms with Gasteiger partial charge in [-0.05, 0) is 35.0 Å². The van der Waals surface area contributed by atoms with E-state index in [4.69, 9.17) is 5.26 Å². The monoisotopic (exact) mass is 345 g/mol. The number of H-pyrrole nitrogens is 1. The van der Waals surface area contributed by atoms with Crippen LogP contribution in [0.4, 0.5) is 5.69 Å². The number of nitriles is 1. The molecule has 8 heteroatoms. The quantitative estimate of drug-likeness (QED) is 0.589. The fourth-order valence-electron chi connectivity index (χ4n) is 2.18. The lowest BCUT2D eigenvalue weighted by molar-refractivity contribution is 0.0951. The van der Waals surface area contributed by atoms with Gasteiger partial charge in [-0.2, -0.15) is 10.5 Å². The molecule has 0 saturated heterocycles. The molecule has 0 fully saturated rings. The molecule has 0 atom stereocenters. The lowest BCUT2D eigenvalue weighted by Crippen LogP contribution is -2.22. The van der Waals surface area contributed by atoms with Crippen LogP contribution in [0.15, 0.2) is 60.8 Å². The first-order valence-corrected chi connectivity index (χ1v) is 7.79. The third kappa shape index (κ3) is 4.30. The number of aromatic amines is 1. The fourth-order valence-corrected chi connectivity index (χ4v) is 2.18. The van der Waals surface area contributed by atoms with Crippen molar-refractivity contribution in [2.75, 3.05) is 5.32 Å². The summed E-state index contributed by atoms with van der Waals surface area (Å²) in [6, 6.07) is 18.6. The van der Waals surface area contributed by atoms with Gasteiger partial charge in [0.2, 0.25) is 5.82 Å². The van der Waals surface area contributed by atoms with Crippen molar-refractivity contribution >= 4 is 17.2 Å². The second-order valence-corrected chi connectivity index (χ2v) is 5.30. The zero-order chi connectivity index (χ0) is 18.2. The van der Waals surface area contributed by atoms with E-state index in [9.17, 15) is 4.79 Å². The van der Waals surface area contributed by atoms with Gasteiger partial charge in [0.25, 0.3) is 5.91 Å². The Morgan fingerprint density at radius 2 is 1.92 bits per heavy atom. The number of hydrogen-bond acceptors (Lipinski definition) is 6. The Hall–Kier alpha value is -3.99. The maximum Gasteiger partial charge on any atom is 0.251 e. The Labute approximate surface area is 149 Å². The first kappa shape index (κ1) is 16.9. The summed E-state index contributed by atoms with van der Waals surface area (Å²) < 4.78 is 0. The molecule has 0 bridgehead atoms. The molecule has 8 nitrogen and oxygen atoms in total. The molecule has 0 spiro atoms. The van der Waals surface area contributed by atoms with Crippen LogP contribution in [0.2, 0.25) is 0 Å². The van der Waals surface area contributed by atoms with Crippen molar-refractivity contribution in [2.45, 2.75) is 6.54 Å². The Morgan fingerprint density at radius 3 is 2.58 bits per heavy atom. The average Bonchev–Trinajstić information content (AvgIpc) is 3.22. The van der Waals surface area contributed by atoms with E-state index in [0.717, 1.165) is 11.3 Å². The predicted octanol–water partition coefficient (Wildman–Crippen LogP) is 2.11. The molecule has 0 aliphatic heterocycles. The largest absolute Gasteiger partial charge is 0.360 e. The van der Waals surface area contributed by atoms with Crippen LogP contribution in [0, 0.1) is 11.3 Å². The molecule has 3 aromatic rings. The SMILES string of the molecule is N#CC(=CNc1ccc(C(=O)NCc2ccccc2)cc1)c1nn[nH]n1. The van der Waals surface area contributed by atoms with E-state index in [1.54, 1.807) is 24.3 Å². The number of hydrogen-bond donors (Lipinski definition) is 3. The molecule has 128 valence electrons. The number of carbonyl (C=O) groups excluding carboxylic acids is 1. The third-order valence-corrected chi connectivity index (χ3v) is 3.53. The highest BCUT2D eigenvalue weighted by atomic mass is 16.1. The molecule has 3 rings (SSSR count). The number of amides is 1. The minimum Gasteiger partial charge on any atom is -0.360 e. The van der Waals surface area contributed by atoms with Crippen LogP contribution >= 0.6 is 0 Å². The molecule has 0 aliphatic rings. The zero-order valence-corrected chi connectivity index (χ0v) is 13.7. The number of benzene rings is 2. The second-order valence-electron chi connectivity index (χ2n) is 5.30. The van der Waals surface area contributed by atoms with Crippen LogP contribution in [-0.4, -0.2) is 26.5 Å². The van der Waals surface area contributed by atoms with Crippen molar-refractivity contribution in [1.29, 1.82) is 5.26 Å². The van der Waals surface area contributed by atoms with Crippen LogP contribution in [0.25, 0.3) is 5.57 Å². The molecule has 2 aromatic carbocycles. The third-order valence-electron chi connectivity index (χ3n) is 3.53. The van der Waals surface area contributed by atoms with Crippen molar-refractivity contribution in [1.82, 2.24) is 25.9 Å². The Bertz CT molecular complexity index is 926. The molecule has 0 saturated carbocycles. The summed E-state index contributed by atoms with van der Waals surface area (Å²) in [7, 11) is 0. The first-order chi connectivity index (χ1) is 12.8. The van der Waals surface area contributed by atoms with Crippen LogP contribution in [0.5, 0.6) is 0 Å². The smallest absolute Gasteiger partial charge is 0.251 e. The Morgan fingerprint density at radius 1 is 1.15 bits per heavy atom. The van der Waals surface area contributed by atoms with Crippen molar-refractivity contribution in [3.05, 3.63) is 77.7 Å². The van der Waals surface area contributed by atoms with E-state index in [2.05, 4.69) is 31.3 Å². The van der Waals surface area contributed by atoms with Crippen LogP contribution < -0.4 is 10.6 Å². The van der Waals surface area contributed by atoms with E-state index in [0.29, 0.717) is 12.1 Å². The summed E-state index contributed by atoms with van der Waals surface area (Å²) in [5, 5.41) is 28.2. The lowest BCUT2D eigenvalue weighted by atomic mass is 10.1. The summed E-state index contributed by atoms with van der Waals surface area (Å²) in [4.78, 5) is 12.2. The molecular formula is C18H15N7O. The standard InChI is InChI=1S/C18H15N7O/c19-10-15(17-22-24-25-23-17)12-20-16-8-6-14(7-9-16)18(26)21-11-13-4-2-1-3-5-13/h1-9,12,20H,11H2,(H,21,26)(H,22,23,24,25). The van der Waals surface area contributed by atoms with Crippen molar-refractivity contribution < 1.29 is 4.79 Å². The van der Waals surface area contributed by atoms with Crippen molar-refractivity contribution in [3.8, 4) is 6.07 Å². The van der Waals surface area contributed by atoms with Gasteiger partial charge in [-0.15, -0.1) is 10.2 Å². The highest BCUT2D eigenvalue weighted by molar-refractivity contribution is 5.94. The Balaban J connectivity index is 1.59. The minimum absolute atomic E-state index is 0.152. The Kier molecular flexibility index (Phi) is 5.32. The van der Waals surface area contributed by atoms with Crippen molar-refractivity contribution in [3.63, 3.8) is 0 Å². The molecule has 0 aliphatic carbocycles. The summed E-state index contributed by atoms with van der Waals surface area (Å²) in [5.74, 6) is 0.0531. The van der Waals surface area contributed by atoms with Crippen LogP contribution in [0.3, 0.4) is 0 Å². The summed E-state index contributed by atoms with van der Waals surface area (Å²) in [5.41, 5.74) is 2.55. The highest BCUT2D eigenvalue weighted by Crippen LogP contribution is 2.12. The van der Waals surface area contributed by atoms with E-state index in [1.807, 2.05) is 36.4 Å². The predicted molar refractivity (Wildman–Crippen MR) is 95.4 cm³/mol. The first-order valence-electron chi connectivity index (χ1n) is 7.79. The van der Waals surface area contributed by atoms with Gasteiger partial charge in [-0.1, -0.05) is 30.3 Å². The molecule has 0 unspecified atom stereocenters. The maximum absolute atomic E-state index is 12.2. The maximum atomic E-state index is 12.2. The molecule has 1 heterocycles. The number of allylic oxidation sites excluding steroid dienone is 1. The molecule has 0 radical (unpaired) electrons. The van der Waals surface area contributed by atoms with Gasteiger partial charge in [0.1, 0.15) is 11.6 Å². The van der Waals surface area contributed by atoms with Crippen molar-refractivity contribution in [2.24, 2.45) is 0 Å². The normalized spacial score (nSPS) is 10.8. The molecule has 3 N–H and O–H groups in total. The topological polar surface area (TPSA) is 119 Å². The number of nitrogens with one attached hydrogen (secondary N) is 3. The van der Waals surface area contributed by atoms with E-state index in [-0.39, 0.29) is 17.3 Å². The van der Waals surface area contributed by atoms with Gasteiger partial charge in [-0.25, -0.2) is 0 Å². The van der Waals surface area contributed by atoms with E-state index >= 15 is 0 Å². The molecular weight excluding hydrogens is 330 g/mol. The fraction of sp³-hybridized carbons (Fsp3) is 0.0556. The summed E-state index contributed by atoms with van der Waals surface area (Å²) in [6.45, 7) is 0.471. The zero-order valence-electron chi connectivity index (χ0n) is 13.7. The minimum atomic E-state index is -0.152. The number of aromatic nitrogens is 4.